The maximum Gasteiger partial charge on any atom is 0.239 e. The van der Waals surface area contributed by atoms with Crippen LogP contribution in [0.25, 0.3) is 0 Å². The van der Waals surface area contributed by atoms with E-state index in [2.05, 4.69) is 10.3 Å². The van der Waals surface area contributed by atoms with Crippen LogP contribution in [0.4, 0.5) is 11.5 Å². The van der Waals surface area contributed by atoms with Crippen molar-refractivity contribution in [1.29, 1.82) is 0 Å². The first-order chi connectivity index (χ1) is 8.94. The largest absolute Gasteiger partial charge is 0.470 e. The normalized spacial score (nSPS) is 20.1. The molecule has 3 N–H and O–H groups in total. The number of hydrogen-bond donors (Lipinski definition) is 2. The quantitative estimate of drug-likeness (QED) is 0.891. The summed E-state index contributed by atoms with van der Waals surface area (Å²) in [5.41, 5.74) is 6.20. The Kier molecular flexibility index (Phi) is 4.45. The Morgan fingerprint density at radius 2 is 2.21 bits per heavy atom. The lowest BCUT2D eigenvalue weighted by molar-refractivity contribution is 0.125. The summed E-state index contributed by atoms with van der Waals surface area (Å²) in [6.07, 6.45) is 2.47. The molecular formula is C14H23N3OS. The molecular weight excluding hydrogens is 258 g/mol. The number of aromatic nitrogens is 1. The van der Waals surface area contributed by atoms with Crippen LogP contribution in [0, 0.1) is 0 Å². The summed E-state index contributed by atoms with van der Waals surface area (Å²) in [6, 6.07) is 4.27. The minimum atomic E-state index is -0.291. The number of ether oxygens (including phenoxy) is 1. The molecule has 1 aliphatic heterocycles. The van der Waals surface area contributed by atoms with Crippen LogP contribution in [0.1, 0.15) is 33.6 Å². The van der Waals surface area contributed by atoms with Crippen molar-refractivity contribution in [1.82, 2.24) is 4.98 Å². The predicted octanol–water partition coefficient (Wildman–Crippen LogP) is 3.15. The Hall–Kier alpha value is -1.10. The molecule has 19 heavy (non-hydrogen) atoms. The fourth-order valence-electron chi connectivity index (χ4n) is 1.97. The van der Waals surface area contributed by atoms with Crippen molar-refractivity contribution >= 4 is 23.3 Å². The molecule has 1 aromatic heterocycles. The third-order valence-electron chi connectivity index (χ3n) is 2.80. The zero-order valence-corrected chi connectivity index (χ0v) is 12.7. The van der Waals surface area contributed by atoms with Gasteiger partial charge in [-0.05, 0) is 51.5 Å². The average molecular weight is 281 g/mol. The summed E-state index contributed by atoms with van der Waals surface area (Å²) in [5, 5.41) is 3.47. The monoisotopic (exact) mass is 281 g/mol. The second-order valence-corrected chi connectivity index (χ2v) is 7.01. The van der Waals surface area contributed by atoms with Crippen LogP contribution < -0.4 is 15.8 Å². The molecule has 1 atom stereocenters. The molecule has 2 heterocycles. The molecule has 0 spiro atoms. The summed E-state index contributed by atoms with van der Waals surface area (Å²) in [5.74, 6) is 3.77. The average Bonchev–Trinajstić information content (AvgIpc) is 2.33. The number of anilines is 2. The molecule has 106 valence electrons. The number of pyridine rings is 1. The lowest BCUT2D eigenvalue weighted by Gasteiger charge is -2.25. The third-order valence-corrected chi connectivity index (χ3v) is 4.02. The van der Waals surface area contributed by atoms with Crippen LogP contribution >= 0.6 is 11.8 Å². The maximum atomic E-state index is 5.91. The fourth-order valence-corrected chi connectivity index (χ4v) is 3.04. The summed E-state index contributed by atoms with van der Waals surface area (Å²) in [4.78, 5) is 4.48. The molecule has 0 aromatic carbocycles. The molecule has 5 heteroatoms. The Balaban J connectivity index is 2.07. The zero-order valence-electron chi connectivity index (χ0n) is 11.9. The van der Waals surface area contributed by atoms with Gasteiger partial charge in [-0.3, -0.25) is 0 Å². The van der Waals surface area contributed by atoms with E-state index in [1.165, 1.54) is 18.6 Å². The molecule has 1 saturated heterocycles. The summed E-state index contributed by atoms with van der Waals surface area (Å²) >= 11 is 1.99. The van der Waals surface area contributed by atoms with Gasteiger partial charge in [0.25, 0.3) is 0 Å². The van der Waals surface area contributed by atoms with Gasteiger partial charge in [0, 0.05) is 11.8 Å². The molecule has 1 unspecified atom stereocenters. The molecule has 0 aliphatic carbocycles. The predicted molar refractivity (Wildman–Crippen MR) is 83.0 cm³/mol. The van der Waals surface area contributed by atoms with Crippen molar-refractivity contribution in [2.24, 2.45) is 0 Å². The molecule has 1 aliphatic rings. The molecule has 0 radical (unpaired) electrons. The van der Waals surface area contributed by atoms with Crippen LogP contribution in [0.5, 0.6) is 5.88 Å². The van der Waals surface area contributed by atoms with Gasteiger partial charge in [0.05, 0.1) is 5.69 Å². The van der Waals surface area contributed by atoms with E-state index in [1.54, 1.807) is 0 Å². The molecule has 1 aromatic rings. The van der Waals surface area contributed by atoms with Gasteiger partial charge in [0.15, 0.2) is 0 Å². The van der Waals surface area contributed by atoms with Crippen molar-refractivity contribution in [3.05, 3.63) is 12.1 Å². The van der Waals surface area contributed by atoms with Gasteiger partial charge >= 0.3 is 0 Å². The highest BCUT2D eigenvalue weighted by Crippen LogP contribution is 2.26. The highest BCUT2D eigenvalue weighted by Gasteiger charge is 2.17. The lowest BCUT2D eigenvalue weighted by atomic mass is 10.2. The number of nitrogens with two attached hydrogens (primary N) is 1. The number of nitrogens with zero attached hydrogens (tertiary/aromatic N) is 1. The van der Waals surface area contributed by atoms with Gasteiger partial charge in [-0.2, -0.15) is 16.7 Å². The van der Waals surface area contributed by atoms with Crippen molar-refractivity contribution < 1.29 is 4.74 Å². The number of nitrogens with one attached hydrogen (secondary N) is 1. The van der Waals surface area contributed by atoms with E-state index in [9.17, 15) is 0 Å². The van der Waals surface area contributed by atoms with Crippen molar-refractivity contribution in [3.63, 3.8) is 0 Å². The minimum Gasteiger partial charge on any atom is -0.470 e. The Labute approximate surface area is 119 Å². The molecule has 0 saturated carbocycles. The van der Waals surface area contributed by atoms with Gasteiger partial charge in [0.1, 0.15) is 11.4 Å². The topological polar surface area (TPSA) is 60.2 Å². The van der Waals surface area contributed by atoms with E-state index in [0.717, 1.165) is 11.6 Å². The Morgan fingerprint density at radius 1 is 1.42 bits per heavy atom. The van der Waals surface area contributed by atoms with E-state index in [0.29, 0.717) is 17.6 Å². The molecule has 0 bridgehead atoms. The zero-order chi connectivity index (χ0) is 13.9. The first-order valence-corrected chi connectivity index (χ1v) is 7.89. The van der Waals surface area contributed by atoms with Crippen LogP contribution in [-0.4, -0.2) is 28.1 Å². The molecule has 1 fully saturated rings. The Bertz CT molecular complexity index is 425. The highest BCUT2D eigenvalue weighted by atomic mass is 32.2. The van der Waals surface area contributed by atoms with Crippen molar-refractivity contribution in [3.8, 4) is 5.88 Å². The van der Waals surface area contributed by atoms with Crippen LogP contribution in [0.15, 0.2) is 12.1 Å². The van der Waals surface area contributed by atoms with Crippen LogP contribution in [0.3, 0.4) is 0 Å². The number of thioether (sulfide) groups is 1. The van der Waals surface area contributed by atoms with Gasteiger partial charge in [-0.1, -0.05) is 0 Å². The van der Waals surface area contributed by atoms with Gasteiger partial charge in [-0.25, -0.2) is 0 Å². The standard InChI is InChI=1S/C14H23N3OS/c1-14(2,3)18-13-11(15)6-7-12(17-13)16-10-5-4-8-19-9-10/h6-7,10H,4-5,8-9,15H2,1-3H3,(H,16,17). The first-order valence-electron chi connectivity index (χ1n) is 6.74. The maximum absolute atomic E-state index is 5.91. The summed E-state index contributed by atoms with van der Waals surface area (Å²) in [6.45, 7) is 5.98. The number of nitrogen functional groups attached to an aromatic ring is 1. The second kappa shape index (κ2) is 5.90. The minimum absolute atomic E-state index is 0.291. The van der Waals surface area contributed by atoms with E-state index < -0.39 is 0 Å². The van der Waals surface area contributed by atoms with E-state index in [1.807, 2.05) is 44.7 Å². The van der Waals surface area contributed by atoms with Crippen LogP contribution in [-0.2, 0) is 0 Å². The van der Waals surface area contributed by atoms with E-state index in [-0.39, 0.29) is 5.60 Å². The third kappa shape index (κ3) is 4.49. The number of hydrogen-bond acceptors (Lipinski definition) is 5. The van der Waals surface area contributed by atoms with Crippen molar-refractivity contribution in [2.45, 2.75) is 45.3 Å². The fraction of sp³-hybridized carbons (Fsp3) is 0.643. The molecule has 0 amide bonds. The van der Waals surface area contributed by atoms with E-state index in [4.69, 9.17) is 10.5 Å². The van der Waals surface area contributed by atoms with E-state index >= 15 is 0 Å². The van der Waals surface area contributed by atoms with Gasteiger partial charge < -0.3 is 15.8 Å². The van der Waals surface area contributed by atoms with Crippen molar-refractivity contribution in [2.75, 3.05) is 22.6 Å². The first kappa shape index (κ1) is 14.3. The van der Waals surface area contributed by atoms with Gasteiger partial charge in [0.2, 0.25) is 5.88 Å². The van der Waals surface area contributed by atoms with Crippen LogP contribution in [0.2, 0.25) is 0 Å². The molecule has 4 nitrogen and oxygen atoms in total. The SMILES string of the molecule is CC(C)(C)Oc1nc(NC2CCCSC2)ccc1N. The molecule has 2 rings (SSSR count). The summed E-state index contributed by atoms with van der Waals surface area (Å²) in [7, 11) is 0. The lowest BCUT2D eigenvalue weighted by Crippen LogP contribution is -2.27. The number of rotatable bonds is 3. The summed E-state index contributed by atoms with van der Waals surface area (Å²) < 4.78 is 5.78. The smallest absolute Gasteiger partial charge is 0.239 e. The van der Waals surface area contributed by atoms with Gasteiger partial charge in [-0.15, -0.1) is 0 Å². The Morgan fingerprint density at radius 3 is 2.84 bits per heavy atom. The highest BCUT2D eigenvalue weighted by molar-refractivity contribution is 7.99. The second-order valence-electron chi connectivity index (χ2n) is 5.86.